The Morgan fingerprint density at radius 3 is 2.80 bits per heavy atom. The molecular weight excluding hydrogens is 276 g/mol. The first kappa shape index (κ1) is 12.9. The summed E-state index contributed by atoms with van der Waals surface area (Å²) in [6, 6.07) is 11.8. The maximum absolute atomic E-state index is 5.95. The molecule has 3 aromatic rings. The summed E-state index contributed by atoms with van der Waals surface area (Å²) in [6.45, 7) is 2.34. The maximum atomic E-state index is 5.95. The van der Waals surface area contributed by atoms with Gasteiger partial charge in [-0.1, -0.05) is 40.7 Å². The Labute approximate surface area is 121 Å². The third kappa shape index (κ3) is 2.72. The summed E-state index contributed by atoms with van der Waals surface area (Å²) >= 11 is 5.95. The van der Waals surface area contributed by atoms with Crippen molar-refractivity contribution in [2.45, 2.75) is 18.8 Å². The molecule has 0 aliphatic carbocycles. The molecular formula is C14H13ClN4O. The van der Waals surface area contributed by atoms with Crippen molar-refractivity contribution in [1.82, 2.24) is 20.2 Å². The lowest BCUT2D eigenvalue weighted by Crippen LogP contribution is -1.98. The van der Waals surface area contributed by atoms with E-state index in [9.17, 15) is 0 Å². The van der Waals surface area contributed by atoms with E-state index in [4.69, 9.17) is 16.1 Å². The van der Waals surface area contributed by atoms with Gasteiger partial charge in [0, 0.05) is 11.6 Å². The van der Waals surface area contributed by atoms with Crippen molar-refractivity contribution < 1.29 is 4.52 Å². The van der Waals surface area contributed by atoms with Crippen LogP contribution in [-0.2, 0) is 6.54 Å². The molecule has 0 saturated carbocycles. The summed E-state index contributed by atoms with van der Waals surface area (Å²) in [5.41, 5.74) is 2.58. The predicted octanol–water partition coefficient (Wildman–Crippen LogP) is 3.28. The first-order valence-corrected chi connectivity index (χ1v) is 6.71. The van der Waals surface area contributed by atoms with E-state index in [1.807, 2.05) is 49.5 Å². The van der Waals surface area contributed by atoms with Crippen molar-refractivity contribution in [2.75, 3.05) is 0 Å². The predicted molar refractivity (Wildman–Crippen MR) is 75.3 cm³/mol. The van der Waals surface area contributed by atoms with Crippen molar-refractivity contribution in [3.05, 3.63) is 54.0 Å². The van der Waals surface area contributed by atoms with Gasteiger partial charge in [-0.15, -0.1) is 16.7 Å². The maximum Gasteiger partial charge on any atom is 0.158 e. The zero-order valence-corrected chi connectivity index (χ0v) is 11.7. The Morgan fingerprint density at radius 2 is 2.10 bits per heavy atom. The average Bonchev–Trinajstić information content (AvgIpc) is 3.10. The van der Waals surface area contributed by atoms with Gasteiger partial charge in [0.2, 0.25) is 0 Å². The van der Waals surface area contributed by atoms with E-state index in [2.05, 4.69) is 15.5 Å². The van der Waals surface area contributed by atoms with Gasteiger partial charge in [-0.05, 0) is 6.92 Å². The van der Waals surface area contributed by atoms with Crippen LogP contribution in [0.25, 0.3) is 11.3 Å². The lowest BCUT2D eigenvalue weighted by atomic mass is 10.1. The molecule has 0 spiro atoms. The number of hydrogen-bond acceptors (Lipinski definition) is 4. The van der Waals surface area contributed by atoms with Crippen LogP contribution in [0.3, 0.4) is 0 Å². The number of hydrogen-bond donors (Lipinski definition) is 0. The Kier molecular flexibility index (Phi) is 3.52. The fraction of sp³-hybridized carbons (Fsp3) is 0.214. The number of benzene rings is 1. The third-order valence-corrected chi connectivity index (χ3v) is 3.13. The largest absolute Gasteiger partial charge is 0.359 e. The van der Waals surface area contributed by atoms with Crippen molar-refractivity contribution in [1.29, 1.82) is 0 Å². The molecule has 1 unspecified atom stereocenters. The number of nitrogens with zero attached hydrogens (tertiary/aromatic N) is 4. The van der Waals surface area contributed by atoms with E-state index >= 15 is 0 Å². The molecule has 1 aromatic carbocycles. The van der Waals surface area contributed by atoms with Crippen LogP contribution in [0.1, 0.15) is 23.8 Å². The molecule has 102 valence electrons. The van der Waals surface area contributed by atoms with Crippen LogP contribution in [0.2, 0.25) is 0 Å². The minimum Gasteiger partial charge on any atom is -0.359 e. The Bertz CT molecular complexity index is 690. The quantitative estimate of drug-likeness (QED) is 0.691. The smallest absolute Gasteiger partial charge is 0.158 e. The average molecular weight is 289 g/mol. The SMILES string of the molecule is CC(Cl)c1cn(Cc2cc(-c3ccccc3)no2)nn1. The zero-order valence-electron chi connectivity index (χ0n) is 10.9. The summed E-state index contributed by atoms with van der Waals surface area (Å²) in [5, 5.41) is 11.9. The number of alkyl halides is 1. The minimum absolute atomic E-state index is 0.154. The fourth-order valence-corrected chi connectivity index (χ4v) is 1.97. The van der Waals surface area contributed by atoms with Gasteiger partial charge in [0.15, 0.2) is 5.76 Å². The van der Waals surface area contributed by atoms with Crippen LogP contribution in [-0.4, -0.2) is 20.2 Å². The van der Waals surface area contributed by atoms with Gasteiger partial charge in [-0.3, -0.25) is 0 Å². The highest BCUT2D eigenvalue weighted by Crippen LogP contribution is 2.20. The lowest BCUT2D eigenvalue weighted by Gasteiger charge is -1.95. The Balaban J connectivity index is 1.77. The molecule has 6 heteroatoms. The first-order chi connectivity index (χ1) is 9.72. The van der Waals surface area contributed by atoms with Crippen LogP contribution in [0, 0.1) is 0 Å². The van der Waals surface area contributed by atoms with E-state index in [1.54, 1.807) is 4.68 Å². The highest BCUT2D eigenvalue weighted by molar-refractivity contribution is 6.20. The van der Waals surface area contributed by atoms with Crippen molar-refractivity contribution in [2.24, 2.45) is 0 Å². The summed E-state index contributed by atoms with van der Waals surface area (Å²) in [6.07, 6.45) is 1.81. The van der Waals surface area contributed by atoms with Gasteiger partial charge < -0.3 is 4.52 Å². The van der Waals surface area contributed by atoms with E-state index < -0.39 is 0 Å². The van der Waals surface area contributed by atoms with Crippen molar-refractivity contribution in [3.8, 4) is 11.3 Å². The molecule has 0 aliphatic heterocycles. The monoisotopic (exact) mass is 288 g/mol. The van der Waals surface area contributed by atoms with Gasteiger partial charge in [0.1, 0.15) is 17.9 Å². The minimum atomic E-state index is -0.154. The molecule has 0 aliphatic rings. The van der Waals surface area contributed by atoms with Crippen LogP contribution in [0.15, 0.2) is 47.1 Å². The number of halogens is 1. The molecule has 0 saturated heterocycles. The second-order valence-corrected chi connectivity index (χ2v) is 5.16. The van der Waals surface area contributed by atoms with E-state index in [-0.39, 0.29) is 5.38 Å². The molecule has 2 heterocycles. The van der Waals surface area contributed by atoms with E-state index in [0.717, 1.165) is 22.7 Å². The molecule has 2 aromatic heterocycles. The standard InChI is InChI=1S/C14H13ClN4O/c1-10(15)14-9-19(18-16-14)8-12-7-13(17-20-12)11-5-3-2-4-6-11/h2-7,9-10H,8H2,1H3. The van der Waals surface area contributed by atoms with E-state index in [1.165, 1.54) is 0 Å². The molecule has 0 radical (unpaired) electrons. The third-order valence-electron chi connectivity index (χ3n) is 2.91. The van der Waals surface area contributed by atoms with Gasteiger partial charge in [-0.25, -0.2) is 4.68 Å². The molecule has 20 heavy (non-hydrogen) atoms. The highest BCUT2D eigenvalue weighted by atomic mass is 35.5. The number of aromatic nitrogens is 4. The van der Waals surface area contributed by atoms with Gasteiger partial charge in [0.05, 0.1) is 11.6 Å². The Morgan fingerprint density at radius 1 is 1.30 bits per heavy atom. The molecule has 0 bridgehead atoms. The summed E-state index contributed by atoms with van der Waals surface area (Å²) in [5.74, 6) is 0.725. The Hall–Kier alpha value is -2.14. The zero-order chi connectivity index (χ0) is 13.9. The van der Waals surface area contributed by atoms with Crippen LogP contribution in [0.5, 0.6) is 0 Å². The number of rotatable bonds is 4. The second-order valence-electron chi connectivity index (χ2n) is 4.50. The lowest BCUT2D eigenvalue weighted by molar-refractivity contribution is 0.372. The van der Waals surface area contributed by atoms with Crippen molar-refractivity contribution in [3.63, 3.8) is 0 Å². The van der Waals surface area contributed by atoms with Gasteiger partial charge in [-0.2, -0.15) is 0 Å². The highest BCUT2D eigenvalue weighted by Gasteiger charge is 2.10. The molecule has 1 atom stereocenters. The second kappa shape index (κ2) is 5.46. The van der Waals surface area contributed by atoms with E-state index in [0.29, 0.717) is 6.54 Å². The molecule has 3 rings (SSSR count). The van der Waals surface area contributed by atoms with Crippen LogP contribution >= 0.6 is 11.6 Å². The van der Waals surface area contributed by atoms with Gasteiger partial charge >= 0.3 is 0 Å². The summed E-state index contributed by atoms with van der Waals surface area (Å²) in [7, 11) is 0. The molecule has 0 N–H and O–H groups in total. The summed E-state index contributed by atoms with van der Waals surface area (Å²) < 4.78 is 7.01. The molecule has 5 nitrogen and oxygen atoms in total. The topological polar surface area (TPSA) is 56.7 Å². The normalized spacial score (nSPS) is 12.5. The van der Waals surface area contributed by atoms with Gasteiger partial charge in [0.25, 0.3) is 0 Å². The van der Waals surface area contributed by atoms with Crippen LogP contribution < -0.4 is 0 Å². The molecule has 0 amide bonds. The van der Waals surface area contributed by atoms with Crippen molar-refractivity contribution >= 4 is 11.6 Å². The summed E-state index contributed by atoms with van der Waals surface area (Å²) in [4.78, 5) is 0. The first-order valence-electron chi connectivity index (χ1n) is 6.27. The molecule has 0 fully saturated rings. The van der Waals surface area contributed by atoms with Crippen LogP contribution in [0.4, 0.5) is 0 Å². The fourth-order valence-electron chi connectivity index (χ4n) is 1.87.